The minimum Gasteiger partial charge on any atom is -0.554 e. The molecule has 4 fully saturated rings. The van der Waals surface area contributed by atoms with Crippen LogP contribution < -0.4 is 9.84 Å². The number of hydrogen-bond acceptors (Lipinski definition) is 5. The Morgan fingerprint density at radius 1 is 1.00 bits per heavy atom. The number of fused-ring (bicyclic) bond motifs is 3. The number of piperidine rings is 3. The summed E-state index contributed by atoms with van der Waals surface area (Å²) in [5.74, 6) is 0.923. The maximum absolute atomic E-state index is 13.9. The van der Waals surface area contributed by atoms with Gasteiger partial charge < -0.3 is 23.9 Å². The molecule has 37 heavy (non-hydrogen) atoms. The Morgan fingerprint density at radius 3 is 2.24 bits per heavy atom. The molecule has 1 atom stereocenters. The summed E-state index contributed by atoms with van der Waals surface area (Å²) in [7, 11) is 0. The summed E-state index contributed by atoms with van der Waals surface area (Å²) >= 11 is 0. The van der Waals surface area contributed by atoms with Crippen LogP contribution in [0.25, 0.3) is 0 Å². The molecule has 0 radical (unpaired) electrons. The molecule has 6 nitrogen and oxygen atoms in total. The van der Waals surface area contributed by atoms with Crippen molar-refractivity contribution < 1.29 is 33.0 Å². The highest BCUT2D eigenvalue weighted by Gasteiger charge is 2.50. The molecule has 0 amide bonds. The largest absolute Gasteiger partial charge is 0.554 e. The molecule has 3 saturated heterocycles. The molecule has 0 aromatic heterocycles. The van der Waals surface area contributed by atoms with E-state index in [2.05, 4.69) is 12.1 Å². The number of carboxylic acid groups (broad SMARTS) is 1. The Kier molecular flexibility index (Phi) is 9.19. The lowest BCUT2D eigenvalue weighted by Gasteiger charge is -2.52. The van der Waals surface area contributed by atoms with Gasteiger partial charge in [-0.15, -0.1) is 0 Å². The van der Waals surface area contributed by atoms with E-state index in [1.807, 2.05) is 18.2 Å². The van der Waals surface area contributed by atoms with Gasteiger partial charge in [-0.05, 0) is 42.7 Å². The van der Waals surface area contributed by atoms with Gasteiger partial charge >= 0.3 is 5.97 Å². The number of hydrogen-bond donors (Lipinski definition) is 0. The van der Waals surface area contributed by atoms with Crippen molar-refractivity contribution in [2.75, 3.05) is 32.8 Å². The smallest absolute Gasteiger partial charge is 0.317 e. The fraction of sp³-hybridized carbons (Fsp3) is 0.533. The summed E-state index contributed by atoms with van der Waals surface area (Å²) in [5, 5.41) is 8.25. The summed E-state index contributed by atoms with van der Waals surface area (Å²) < 4.78 is 26.5. The third kappa shape index (κ3) is 6.50. The maximum Gasteiger partial charge on any atom is 0.317 e. The van der Waals surface area contributed by atoms with Crippen LogP contribution in [0.15, 0.2) is 54.6 Å². The molecule has 3 heterocycles. The Bertz CT molecular complexity index is 996. The molecule has 1 aliphatic carbocycles. The van der Waals surface area contributed by atoms with Crippen molar-refractivity contribution in [2.45, 2.75) is 62.9 Å². The van der Waals surface area contributed by atoms with E-state index >= 15 is 0 Å². The third-order valence-electron chi connectivity index (χ3n) is 8.62. The van der Waals surface area contributed by atoms with Crippen LogP contribution in [-0.4, -0.2) is 55.8 Å². The van der Waals surface area contributed by atoms with Crippen molar-refractivity contribution in [1.29, 1.82) is 0 Å². The van der Waals surface area contributed by atoms with Gasteiger partial charge in [-0.2, -0.15) is 0 Å². The number of nitrogens with zero attached hydrogens (tertiary/aromatic N) is 1. The van der Waals surface area contributed by atoms with E-state index in [-0.39, 0.29) is 17.9 Å². The molecule has 0 spiro atoms. The molecule has 1 saturated carbocycles. The van der Waals surface area contributed by atoms with Gasteiger partial charge in [-0.25, -0.2) is 4.39 Å². The first kappa shape index (κ1) is 27.1. The maximum atomic E-state index is 13.9. The van der Waals surface area contributed by atoms with Crippen molar-refractivity contribution in [3.05, 3.63) is 66.0 Å². The fourth-order valence-corrected chi connectivity index (χ4v) is 6.51. The van der Waals surface area contributed by atoms with E-state index in [9.17, 15) is 9.18 Å². The first-order chi connectivity index (χ1) is 18.0. The van der Waals surface area contributed by atoms with Gasteiger partial charge in [-0.1, -0.05) is 56.0 Å². The Balaban J connectivity index is 0.00000102. The van der Waals surface area contributed by atoms with E-state index in [0.29, 0.717) is 18.3 Å². The molecule has 7 heteroatoms. The fourth-order valence-electron chi connectivity index (χ4n) is 6.51. The zero-order valence-corrected chi connectivity index (χ0v) is 21.5. The number of carbonyl (C=O) groups is 2. The SMILES string of the molecule is O=C(O[C@H]1C[N+]2(CCOc3ccc(F)cc3)CCC1CC2)C1(c2ccccc2)CCCCCC1.O=C[O-]. The number of rotatable bonds is 7. The van der Waals surface area contributed by atoms with Gasteiger partial charge in [0.15, 0.2) is 6.10 Å². The zero-order valence-electron chi connectivity index (χ0n) is 21.5. The number of carbonyl (C=O) groups excluding carboxylic acids is 2. The summed E-state index contributed by atoms with van der Waals surface area (Å²) in [6.45, 7) is 4.10. The van der Waals surface area contributed by atoms with Crippen molar-refractivity contribution in [1.82, 2.24) is 0 Å². The second-order valence-electron chi connectivity index (χ2n) is 10.7. The molecule has 0 unspecified atom stereocenters. The van der Waals surface area contributed by atoms with Crippen LogP contribution in [0.1, 0.15) is 56.9 Å². The quantitative estimate of drug-likeness (QED) is 0.243. The van der Waals surface area contributed by atoms with Gasteiger partial charge in [0, 0.05) is 25.2 Å². The summed E-state index contributed by atoms with van der Waals surface area (Å²) in [4.78, 5) is 22.1. The van der Waals surface area contributed by atoms with Crippen LogP contribution in [0.3, 0.4) is 0 Å². The highest BCUT2D eigenvalue weighted by Crippen LogP contribution is 2.42. The second-order valence-corrected chi connectivity index (χ2v) is 10.7. The molecular formula is C30H38FNO5. The number of quaternary nitrogens is 1. The molecular weight excluding hydrogens is 473 g/mol. The Hall–Kier alpha value is -2.93. The number of esters is 1. The van der Waals surface area contributed by atoms with Gasteiger partial charge in [0.05, 0.1) is 18.5 Å². The minimum atomic E-state index is -0.500. The molecule has 3 aliphatic heterocycles. The Labute approximate surface area is 219 Å². The predicted molar refractivity (Wildman–Crippen MR) is 136 cm³/mol. The van der Waals surface area contributed by atoms with Crippen LogP contribution in [-0.2, 0) is 19.7 Å². The van der Waals surface area contributed by atoms with Crippen LogP contribution >= 0.6 is 0 Å². The van der Waals surface area contributed by atoms with Crippen molar-refractivity contribution >= 4 is 12.4 Å². The molecule has 2 aromatic carbocycles. The average Bonchev–Trinajstić information content (AvgIpc) is 3.19. The predicted octanol–water partition coefficient (Wildman–Crippen LogP) is 4.02. The van der Waals surface area contributed by atoms with Crippen molar-refractivity contribution in [3.8, 4) is 5.75 Å². The van der Waals surface area contributed by atoms with E-state index in [1.165, 1.54) is 25.0 Å². The molecule has 6 rings (SSSR count). The summed E-state index contributed by atoms with van der Waals surface area (Å²) in [5.41, 5.74) is 0.625. The highest BCUT2D eigenvalue weighted by atomic mass is 19.1. The molecule has 2 bridgehead atoms. The van der Waals surface area contributed by atoms with Crippen molar-refractivity contribution in [3.63, 3.8) is 0 Å². The van der Waals surface area contributed by atoms with Gasteiger partial charge in [0.2, 0.25) is 0 Å². The van der Waals surface area contributed by atoms with Crippen LogP contribution in [0.5, 0.6) is 5.75 Å². The normalized spacial score (nSPS) is 26.2. The van der Waals surface area contributed by atoms with E-state index in [0.717, 1.165) is 74.8 Å². The molecule has 2 aromatic rings. The molecule has 0 N–H and O–H groups in total. The van der Waals surface area contributed by atoms with Gasteiger partial charge in [-0.3, -0.25) is 4.79 Å². The van der Waals surface area contributed by atoms with E-state index in [4.69, 9.17) is 19.4 Å². The topological polar surface area (TPSA) is 75.7 Å². The van der Waals surface area contributed by atoms with Gasteiger partial charge in [0.1, 0.15) is 31.3 Å². The van der Waals surface area contributed by atoms with Crippen LogP contribution in [0, 0.1) is 11.7 Å². The average molecular weight is 512 g/mol. The van der Waals surface area contributed by atoms with Gasteiger partial charge in [0.25, 0.3) is 0 Å². The molecule has 200 valence electrons. The van der Waals surface area contributed by atoms with Crippen LogP contribution in [0.4, 0.5) is 4.39 Å². The number of halogens is 1. The second kappa shape index (κ2) is 12.5. The zero-order chi connectivity index (χ0) is 26.1. The Morgan fingerprint density at radius 2 is 1.62 bits per heavy atom. The molecule has 4 aliphatic rings. The summed E-state index contributed by atoms with van der Waals surface area (Å²) in [6.07, 6.45) is 8.53. The van der Waals surface area contributed by atoms with Crippen LogP contribution in [0.2, 0.25) is 0 Å². The number of benzene rings is 2. The van der Waals surface area contributed by atoms with E-state index < -0.39 is 11.9 Å². The van der Waals surface area contributed by atoms with E-state index in [1.54, 1.807) is 12.1 Å². The first-order valence-electron chi connectivity index (χ1n) is 13.6. The first-order valence-corrected chi connectivity index (χ1v) is 13.6. The minimum absolute atomic E-state index is 0.0000576. The standard InChI is InChI=1S/C29H37FNO3.CH2O2/c30-25-10-12-26(13-11-25)33-21-20-31-18-14-23(15-19-31)27(22-31)34-28(32)29(16-6-1-2-7-17-29)24-8-4-3-5-9-24;2-1-3/h3-5,8-13,23,27H,1-2,6-7,14-22H2;1H,(H,2,3)/q+1;/p-1/t23?,27-,31?;/m0./s1. The lowest BCUT2D eigenvalue weighted by Crippen LogP contribution is -2.65. The third-order valence-corrected chi connectivity index (χ3v) is 8.62. The number of ether oxygens (including phenoxy) is 2. The van der Waals surface area contributed by atoms with Crippen molar-refractivity contribution in [2.24, 2.45) is 5.92 Å². The lowest BCUT2D eigenvalue weighted by atomic mass is 9.74. The summed E-state index contributed by atoms with van der Waals surface area (Å²) in [6, 6.07) is 16.6. The highest BCUT2D eigenvalue weighted by molar-refractivity contribution is 5.83. The monoisotopic (exact) mass is 511 g/mol. The lowest BCUT2D eigenvalue weighted by molar-refractivity contribution is -0.946.